The van der Waals surface area contributed by atoms with Gasteiger partial charge in [0.2, 0.25) is 0 Å². The molecule has 2 heteroatoms. The minimum absolute atomic E-state index is 0.0397. The number of anilines is 6. The molecule has 0 aliphatic heterocycles. The van der Waals surface area contributed by atoms with Crippen LogP contribution < -0.4 is 9.80 Å². The Morgan fingerprint density at radius 1 is 0.312 bits per heavy atom. The summed E-state index contributed by atoms with van der Waals surface area (Å²) in [5, 5.41) is 0. The van der Waals surface area contributed by atoms with Crippen molar-refractivity contribution in [2.45, 2.75) is 196 Å². The molecule has 2 nitrogen and oxygen atoms in total. The Balaban J connectivity index is 1.38. The molecule has 0 heterocycles. The molecule has 0 atom stereocenters. The summed E-state index contributed by atoms with van der Waals surface area (Å²) in [7, 11) is 0. The molecule has 0 unspecified atom stereocenters. The lowest BCUT2D eigenvalue weighted by atomic mass is 9.66. The maximum Gasteiger partial charge on any atom is 0.0715 e. The van der Waals surface area contributed by atoms with Crippen molar-refractivity contribution >= 4 is 34.1 Å². The van der Waals surface area contributed by atoms with E-state index in [1.165, 1.54) is 155 Å². The average molecular weight is 1060 g/mol. The number of hydrogen-bond acceptors (Lipinski definition) is 2. The first-order valence-electron chi connectivity index (χ1n) is 31.0. The molecular weight excluding hydrogens is 965 g/mol. The second-order valence-electron chi connectivity index (χ2n) is 25.8. The van der Waals surface area contributed by atoms with E-state index in [0.29, 0.717) is 0 Å². The molecule has 0 amide bonds. The van der Waals surface area contributed by atoms with Crippen LogP contribution in [0.1, 0.15) is 206 Å². The molecule has 1 aliphatic carbocycles. The third-order valence-corrected chi connectivity index (χ3v) is 17.2. The fourth-order valence-corrected chi connectivity index (χ4v) is 12.6. The van der Waals surface area contributed by atoms with Crippen LogP contribution in [0.2, 0.25) is 0 Å². The Bertz CT molecular complexity index is 3120. The van der Waals surface area contributed by atoms with E-state index < -0.39 is 5.41 Å². The molecule has 0 fully saturated rings. The van der Waals surface area contributed by atoms with Gasteiger partial charge in [0.25, 0.3) is 0 Å². The van der Waals surface area contributed by atoms with Gasteiger partial charge < -0.3 is 9.80 Å². The van der Waals surface area contributed by atoms with Crippen LogP contribution in [-0.2, 0) is 35.5 Å². The molecule has 0 aromatic heterocycles. The quantitative estimate of drug-likeness (QED) is 0.0589. The van der Waals surface area contributed by atoms with E-state index in [1.807, 2.05) is 0 Å². The topological polar surface area (TPSA) is 6.48 Å². The highest BCUT2D eigenvalue weighted by molar-refractivity contribution is 5.92. The van der Waals surface area contributed by atoms with Crippen molar-refractivity contribution in [2.24, 2.45) is 0 Å². The van der Waals surface area contributed by atoms with Gasteiger partial charge in [0, 0.05) is 34.1 Å². The van der Waals surface area contributed by atoms with Crippen LogP contribution in [-0.4, -0.2) is 0 Å². The normalized spacial score (nSPS) is 12.8. The van der Waals surface area contributed by atoms with Gasteiger partial charge in [-0.15, -0.1) is 0 Å². The first-order chi connectivity index (χ1) is 38.5. The number of benzene rings is 8. The Kier molecular flexibility index (Phi) is 18.4. The van der Waals surface area contributed by atoms with Crippen molar-refractivity contribution in [1.29, 1.82) is 0 Å². The van der Waals surface area contributed by atoms with E-state index in [9.17, 15) is 0 Å². The molecular formula is C78H94N2. The van der Waals surface area contributed by atoms with E-state index in [4.69, 9.17) is 0 Å². The van der Waals surface area contributed by atoms with Gasteiger partial charge in [-0.1, -0.05) is 234 Å². The third kappa shape index (κ3) is 12.9. The minimum Gasteiger partial charge on any atom is -0.310 e. The van der Waals surface area contributed by atoms with Gasteiger partial charge in [0.05, 0.1) is 5.41 Å². The number of hydrogen-bond donors (Lipinski definition) is 0. The fraction of sp³-hybridized carbons (Fsp3) is 0.385. The van der Waals surface area contributed by atoms with Gasteiger partial charge in [0.15, 0.2) is 0 Å². The van der Waals surface area contributed by atoms with E-state index in [-0.39, 0.29) is 10.8 Å². The summed E-state index contributed by atoms with van der Waals surface area (Å²) < 4.78 is 0. The van der Waals surface area contributed by atoms with Crippen molar-refractivity contribution in [1.82, 2.24) is 0 Å². The highest BCUT2D eigenvalue weighted by Gasteiger charge is 2.48. The van der Waals surface area contributed by atoms with Gasteiger partial charge in [-0.3, -0.25) is 0 Å². The molecule has 0 bridgehead atoms. The van der Waals surface area contributed by atoms with E-state index in [0.717, 1.165) is 53.4 Å². The molecule has 8 aromatic carbocycles. The zero-order valence-electron chi connectivity index (χ0n) is 51.2. The molecule has 80 heavy (non-hydrogen) atoms. The summed E-state index contributed by atoms with van der Waals surface area (Å²) in [6, 6.07) is 67.6. The molecule has 0 spiro atoms. The highest BCUT2D eigenvalue weighted by atomic mass is 15.1. The standard InChI is InChI=1S/C78H94N2/c1-13-16-19-22-25-59-48-58(6)49-64(51-59)78(65-52-60(26-23-20-17-14-2)50-61(53-65)27-24-21-18-15-3)74-54-70(79(66-36-28-56(4)29-37-66)68-40-32-62(33-41-68)76(7,8)9)44-46-72(74)73-47-45-71(55-75(73)78)80(67-38-30-57(5)31-39-67)69-42-34-63(35-43-69)77(10,11)12/h28-55H,13-27H2,1-12H3. The van der Waals surface area contributed by atoms with Crippen LogP contribution >= 0.6 is 0 Å². The first kappa shape index (κ1) is 58.0. The lowest BCUT2D eigenvalue weighted by Crippen LogP contribution is -2.30. The van der Waals surface area contributed by atoms with Gasteiger partial charge in [-0.05, 0) is 204 Å². The molecule has 9 rings (SSSR count). The molecule has 0 radical (unpaired) electrons. The van der Waals surface area contributed by atoms with Crippen LogP contribution in [0.5, 0.6) is 0 Å². The second-order valence-corrected chi connectivity index (χ2v) is 25.8. The summed E-state index contributed by atoms with van der Waals surface area (Å²) >= 11 is 0. The number of unbranched alkanes of at least 4 members (excludes halogenated alkanes) is 9. The van der Waals surface area contributed by atoms with Gasteiger partial charge in [0.1, 0.15) is 0 Å². The zero-order chi connectivity index (χ0) is 56.6. The van der Waals surface area contributed by atoms with Crippen molar-refractivity contribution in [2.75, 3.05) is 9.80 Å². The fourth-order valence-electron chi connectivity index (χ4n) is 12.6. The number of aryl methyl sites for hydroxylation is 6. The Morgan fingerprint density at radius 2 is 0.637 bits per heavy atom. The van der Waals surface area contributed by atoms with Crippen molar-refractivity contribution in [3.05, 3.63) is 237 Å². The van der Waals surface area contributed by atoms with E-state index in [1.54, 1.807) is 0 Å². The van der Waals surface area contributed by atoms with Gasteiger partial charge in [-0.25, -0.2) is 0 Å². The third-order valence-electron chi connectivity index (χ3n) is 17.2. The Morgan fingerprint density at radius 3 is 0.988 bits per heavy atom. The summed E-state index contributed by atoms with van der Waals surface area (Å²) in [6.45, 7) is 27.6. The molecule has 0 saturated carbocycles. The predicted octanol–water partition coefficient (Wildman–Crippen LogP) is 22.9. The molecule has 1 aliphatic rings. The van der Waals surface area contributed by atoms with Crippen LogP contribution in [0, 0.1) is 20.8 Å². The average Bonchev–Trinajstić information content (AvgIpc) is 3.59. The molecule has 8 aromatic rings. The van der Waals surface area contributed by atoms with Crippen LogP contribution in [0.4, 0.5) is 34.1 Å². The Hall–Kier alpha value is -6.64. The first-order valence-corrected chi connectivity index (χ1v) is 31.0. The Labute approximate surface area is 484 Å². The summed E-state index contributed by atoms with van der Waals surface area (Å²) in [6.07, 6.45) is 18.1. The van der Waals surface area contributed by atoms with Crippen LogP contribution in [0.3, 0.4) is 0 Å². The van der Waals surface area contributed by atoms with Crippen molar-refractivity contribution in [3.63, 3.8) is 0 Å². The van der Waals surface area contributed by atoms with Crippen molar-refractivity contribution in [3.8, 4) is 11.1 Å². The number of rotatable bonds is 23. The molecule has 0 N–H and O–H groups in total. The zero-order valence-corrected chi connectivity index (χ0v) is 51.2. The summed E-state index contributed by atoms with van der Waals surface area (Å²) in [5.74, 6) is 0. The largest absolute Gasteiger partial charge is 0.310 e. The predicted molar refractivity (Wildman–Crippen MR) is 348 cm³/mol. The highest BCUT2D eigenvalue weighted by Crippen LogP contribution is 2.59. The summed E-state index contributed by atoms with van der Waals surface area (Å²) in [5.41, 5.74) is 25.3. The van der Waals surface area contributed by atoms with E-state index in [2.05, 4.69) is 263 Å². The van der Waals surface area contributed by atoms with Crippen molar-refractivity contribution < 1.29 is 0 Å². The van der Waals surface area contributed by atoms with E-state index >= 15 is 0 Å². The maximum atomic E-state index is 2.66. The van der Waals surface area contributed by atoms with Crippen LogP contribution in [0.25, 0.3) is 11.1 Å². The van der Waals surface area contributed by atoms with Crippen LogP contribution in [0.15, 0.2) is 170 Å². The lowest BCUT2D eigenvalue weighted by Gasteiger charge is -2.37. The second kappa shape index (κ2) is 25.4. The summed E-state index contributed by atoms with van der Waals surface area (Å²) in [4.78, 5) is 5.01. The number of fused-ring (bicyclic) bond motifs is 3. The molecule has 0 saturated heterocycles. The SMILES string of the molecule is CCCCCCc1cc(C)cc(C2(c3cc(CCCCCC)cc(CCCCCC)c3)c3cc(N(c4ccc(C)cc4)c4ccc(C(C)(C)C)cc4)ccc3-c3ccc(N(c4ccc(C)cc4)c4ccc(C(C)(C)C)cc4)cc32)c1. The maximum absolute atomic E-state index is 2.66. The van der Waals surface area contributed by atoms with Gasteiger partial charge in [-0.2, -0.15) is 0 Å². The number of nitrogens with zero attached hydrogens (tertiary/aromatic N) is 2. The smallest absolute Gasteiger partial charge is 0.0715 e. The lowest BCUT2D eigenvalue weighted by molar-refractivity contribution is 0.590. The monoisotopic (exact) mass is 1060 g/mol. The minimum atomic E-state index is -0.664. The van der Waals surface area contributed by atoms with Gasteiger partial charge >= 0.3 is 0 Å². The molecule has 416 valence electrons.